The SMILES string of the molecule is COc1ccc(F)cc1C(=O)NCc1ccc(-c2nc(C3=CCN(C(=O)C(C)C)CC3)c3ccnc(N)n23)cc1. The second-order valence-electron chi connectivity index (χ2n) is 9.95. The van der Waals surface area contributed by atoms with Gasteiger partial charge >= 0.3 is 0 Å². The lowest BCUT2D eigenvalue weighted by Gasteiger charge is -2.27. The molecule has 3 N–H and O–H groups in total. The van der Waals surface area contributed by atoms with E-state index in [4.69, 9.17) is 15.5 Å². The Morgan fingerprint density at radius 3 is 2.60 bits per heavy atom. The molecule has 0 spiro atoms. The molecule has 9 nitrogen and oxygen atoms in total. The van der Waals surface area contributed by atoms with Crippen LogP contribution >= 0.6 is 0 Å². The molecule has 1 aliphatic heterocycles. The minimum absolute atomic E-state index is 0.0404. The molecule has 0 bridgehead atoms. The first kappa shape index (κ1) is 26.9. The van der Waals surface area contributed by atoms with Crippen molar-refractivity contribution >= 4 is 28.9 Å². The summed E-state index contributed by atoms with van der Waals surface area (Å²) < 4.78 is 20.7. The van der Waals surface area contributed by atoms with E-state index in [2.05, 4.69) is 16.4 Å². The number of benzene rings is 2. The monoisotopic (exact) mass is 542 g/mol. The molecule has 0 fully saturated rings. The standard InChI is InChI=1S/C30H31FN6O3/c1-18(2)29(39)36-14-11-20(12-15-36)26-24-10-13-33-30(32)37(24)27(35-26)21-6-4-19(5-7-21)17-34-28(38)23-16-22(31)8-9-25(23)40-3/h4-11,13,16,18H,12,14-15,17H2,1-3H3,(H2,32,33)(H,34,38). The number of imidazole rings is 1. The zero-order valence-corrected chi connectivity index (χ0v) is 22.6. The van der Waals surface area contributed by atoms with E-state index in [1.807, 2.05) is 53.5 Å². The third-order valence-electron chi connectivity index (χ3n) is 6.97. The van der Waals surface area contributed by atoms with E-state index in [0.717, 1.165) is 34.0 Å². The molecule has 0 atom stereocenters. The highest BCUT2D eigenvalue weighted by Gasteiger charge is 2.24. The highest BCUT2D eigenvalue weighted by atomic mass is 19.1. The maximum Gasteiger partial charge on any atom is 0.255 e. The van der Waals surface area contributed by atoms with Crippen molar-refractivity contribution in [2.45, 2.75) is 26.8 Å². The number of carbonyl (C=O) groups excluding carboxylic acids is 2. The molecule has 206 valence electrons. The first-order valence-electron chi connectivity index (χ1n) is 13.1. The Bertz CT molecular complexity index is 1610. The van der Waals surface area contributed by atoms with Crippen LogP contribution in [-0.4, -0.2) is 51.3 Å². The summed E-state index contributed by atoms with van der Waals surface area (Å²) in [5.41, 5.74) is 10.8. The lowest BCUT2D eigenvalue weighted by Crippen LogP contribution is -2.37. The van der Waals surface area contributed by atoms with Gasteiger partial charge in [0.1, 0.15) is 17.4 Å². The van der Waals surface area contributed by atoms with Crippen LogP contribution in [0, 0.1) is 11.7 Å². The first-order valence-corrected chi connectivity index (χ1v) is 13.1. The van der Waals surface area contributed by atoms with Crippen molar-refractivity contribution in [3.63, 3.8) is 0 Å². The molecule has 0 radical (unpaired) electrons. The summed E-state index contributed by atoms with van der Waals surface area (Å²) in [5.74, 6) is 0.428. The summed E-state index contributed by atoms with van der Waals surface area (Å²) in [5, 5.41) is 2.81. The van der Waals surface area contributed by atoms with Crippen LogP contribution < -0.4 is 15.8 Å². The van der Waals surface area contributed by atoms with Gasteiger partial charge in [-0.05, 0) is 41.8 Å². The van der Waals surface area contributed by atoms with Crippen LogP contribution in [0.1, 0.15) is 41.9 Å². The molecule has 5 rings (SSSR count). The molecule has 0 aliphatic carbocycles. The number of hydrogen-bond donors (Lipinski definition) is 2. The number of aromatic nitrogens is 3. The van der Waals surface area contributed by atoms with Crippen molar-refractivity contribution in [1.82, 2.24) is 24.6 Å². The number of hydrogen-bond acceptors (Lipinski definition) is 6. The van der Waals surface area contributed by atoms with E-state index < -0.39 is 11.7 Å². The van der Waals surface area contributed by atoms with Crippen LogP contribution in [-0.2, 0) is 11.3 Å². The van der Waals surface area contributed by atoms with Gasteiger partial charge in [0, 0.05) is 37.3 Å². The molecule has 2 aromatic heterocycles. The molecule has 3 heterocycles. The number of nitrogens with one attached hydrogen (secondary N) is 1. The Balaban J connectivity index is 1.38. The van der Waals surface area contributed by atoms with Crippen molar-refractivity contribution < 1.29 is 18.7 Å². The van der Waals surface area contributed by atoms with Crippen molar-refractivity contribution in [2.24, 2.45) is 5.92 Å². The summed E-state index contributed by atoms with van der Waals surface area (Å²) in [6.07, 6.45) is 4.42. The number of methoxy groups -OCH3 is 1. The molecular formula is C30H31FN6O3. The Labute approximate surface area is 231 Å². The number of fused-ring (bicyclic) bond motifs is 1. The smallest absolute Gasteiger partial charge is 0.255 e. The summed E-state index contributed by atoms with van der Waals surface area (Å²) >= 11 is 0. The number of nitrogen functional groups attached to an aromatic ring is 1. The first-order chi connectivity index (χ1) is 19.3. The minimum atomic E-state index is -0.513. The van der Waals surface area contributed by atoms with Gasteiger partial charge in [-0.2, -0.15) is 0 Å². The van der Waals surface area contributed by atoms with Crippen LogP contribution in [0.3, 0.4) is 0 Å². The van der Waals surface area contributed by atoms with Crippen LogP contribution in [0.5, 0.6) is 5.75 Å². The van der Waals surface area contributed by atoms with E-state index in [-0.39, 0.29) is 23.9 Å². The summed E-state index contributed by atoms with van der Waals surface area (Å²) in [7, 11) is 1.43. The maximum absolute atomic E-state index is 13.7. The highest BCUT2D eigenvalue weighted by Crippen LogP contribution is 2.31. The third kappa shape index (κ3) is 5.25. The van der Waals surface area contributed by atoms with E-state index in [1.165, 1.54) is 19.2 Å². The number of carbonyl (C=O) groups is 2. The van der Waals surface area contributed by atoms with Gasteiger partial charge in [-0.15, -0.1) is 0 Å². The van der Waals surface area contributed by atoms with Gasteiger partial charge in [0.15, 0.2) is 0 Å². The second kappa shape index (κ2) is 11.2. The fourth-order valence-corrected chi connectivity index (χ4v) is 4.85. The molecule has 1 aliphatic rings. The van der Waals surface area contributed by atoms with Crippen molar-refractivity contribution in [1.29, 1.82) is 0 Å². The van der Waals surface area contributed by atoms with Gasteiger partial charge in [0.2, 0.25) is 11.9 Å². The van der Waals surface area contributed by atoms with Gasteiger partial charge in [-0.3, -0.25) is 14.0 Å². The molecular weight excluding hydrogens is 511 g/mol. The zero-order valence-electron chi connectivity index (χ0n) is 22.6. The van der Waals surface area contributed by atoms with Gasteiger partial charge in [-0.25, -0.2) is 14.4 Å². The van der Waals surface area contributed by atoms with Crippen LogP contribution in [0.15, 0.2) is 60.8 Å². The molecule has 10 heteroatoms. The lowest BCUT2D eigenvalue weighted by atomic mass is 10.0. The molecule has 2 aromatic carbocycles. The van der Waals surface area contributed by atoms with Gasteiger partial charge in [-0.1, -0.05) is 44.2 Å². The highest BCUT2D eigenvalue weighted by molar-refractivity contribution is 5.97. The molecule has 0 saturated heterocycles. The zero-order chi connectivity index (χ0) is 28.4. The Morgan fingerprint density at radius 2 is 1.93 bits per heavy atom. The number of anilines is 1. The lowest BCUT2D eigenvalue weighted by molar-refractivity contribution is -0.134. The van der Waals surface area contributed by atoms with E-state index in [9.17, 15) is 14.0 Å². The topological polar surface area (TPSA) is 115 Å². The van der Waals surface area contributed by atoms with Crippen LogP contribution in [0.2, 0.25) is 0 Å². The average molecular weight is 543 g/mol. The van der Waals surface area contributed by atoms with Crippen molar-refractivity contribution in [3.05, 3.63) is 83.4 Å². The third-order valence-corrected chi connectivity index (χ3v) is 6.97. The number of nitrogens with two attached hydrogens (primary N) is 1. The number of rotatable bonds is 7. The Morgan fingerprint density at radius 1 is 1.15 bits per heavy atom. The molecule has 4 aromatic rings. The quantitative estimate of drug-likeness (QED) is 0.359. The minimum Gasteiger partial charge on any atom is -0.496 e. The van der Waals surface area contributed by atoms with E-state index >= 15 is 0 Å². The van der Waals surface area contributed by atoms with Gasteiger partial charge in [0.25, 0.3) is 5.91 Å². The fourth-order valence-electron chi connectivity index (χ4n) is 4.85. The van der Waals surface area contributed by atoms with E-state index in [0.29, 0.717) is 37.0 Å². The summed E-state index contributed by atoms with van der Waals surface area (Å²) in [6.45, 7) is 5.25. The Hall–Kier alpha value is -4.73. The normalized spacial score (nSPS) is 13.4. The molecule has 0 unspecified atom stereocenters. The van der Waals surface area contributed by atoms with Gasteiger partial charge in [0.05, 0.1) is 23.9 Å². The summed E-state index contributed by atoms with van der Waals surface area (Å²) in [6, 6.07) is 13.3. The number of nitrogens with zero attached hydrogens (tertiary/aromatic N) is 4. The number of halogens is 1. The van der Waals surface area contributed by atoms with Crippen LogP contribution in [0.25, 0.3) is 22.5 Å². The molecule has 2 amide bonds. The molecule has 40 heavy (non-hydrogen) atoms. The maximum atomic E-state index is 13.7. The average Bonchev–Trinajstić information content (AvgIpc) is 3.37. The predicted octanol–water partition coefficient (Wildman–Crippen LogP) is 4.33. The van der Waals surface area contributed by atoms with Crippen LogP contribution in [0.4, 0.5) is 10.3 Å². The largest absolute Gasteiger partial charge is 0.496 e. The van der Waals surface area contributed by atoms with Crippen molar-refractivity contribution in [2.75, 3.05) is 25.9 Å². The van der Waals surface area contributed by atoms with Crippen molar-refractivity contribution in [3.8, 4) is 17.1 Å². The number of amides is 2. The Kier molecular flexibility index (Phi) is 7.50. The second-order valence-corrected chi connectivity index (χ2v) is 9.95. The number of ether oxygens (including phenoxy) is 1. The van der Waals surface area contributed by atoms with E-state index in [1.54, 1.807) is 6.20 Å². The predicted molar refractivity (Wildman–Crippen MR) is 151 cm³/mol. The van der Waals surface area contributed by atoms with Gasteiger partial charge < -0.3 is 20.7 Å². The molecule has 0 saturated carbocycles. The fraction of sp³-hybridized carbons (Fsp3) is 0.267. The summed E-state index contributed by atoms with van der Waals surface area (Å²) in [4.78, 5) is 36.2.